The van der Waals surface area contributed by atoms with E-state index < -0.39 is 0 Å². The molecule has 0 saturated carbocycles. The largest absolute Gasteiger partial charge is 0.461 e. The Labute approximate surface area is 137 Å². The molecular formula is C16H12Cl2O4. The molecule has 0 fully saturated rings. The van der Waals surface area contributed by atoms with Gasteiger partial charge in [-0.25, -0.2) is 0 Å². The van der Waals surface area contributed by atoms with Gasteiger partial charge in [-0.15, -0.1) is 0 Å². The number of ether oxygens (including phenoxy) is 3. The van der Waals surface area contributed by atoms with E-state index in [4.69, 9.17) is 37.4 Å². The van der Waals surface area contributed by atoms with Crippen molar-refractivity contribution in [3.8, 4) is 11.5 Å². The molecule has 0 unspecified atom stereocenters. The van der Waals surface area contributed by atoms with Gasteiger partial charge >= 0.3 is 5.97 Å². The fraction of sp³-hybridized carbons (Fsp3) is 0.188. The van der Waals surface area contributed by atoms with Crippen LogP contribution in [-0.2, 0) is 22.6 Å². The minimum absolute atomic E-state index is 0.128. The van der Waals surface area contributed by atoms with Crippen LogP contribution in [0.5, 0.6) is 11.5 Å². The Balaban J connectivity index is 1.59. The number of esters is 1. The number of carbonyl (C=O) groups excluding carboxylic acids is 1. The van der Waals surface area contributed by atoms with Crippen LogP contribution in [-0.4, -0.2) is 12.8 Å². The molecule has 0 N–H and O–H groups in total. The molecule has 22 heavy (non-hydrogen) atoms. The van der Waals surface area contributed by atoms with Crippen LogP contribution in [0.15, 0.2) is 36.4 Å². The van der Waals surface area contributed by atoms with Gasteiger partial charge < -0.3 is 14.2 Å². The van der Waals surface area contributed by atoms with Gasteiger partial charge in [0.15, 0.2) is 11.5 Å². The molecule has 0 amide bonds. The van der Waals surface area contributed by atoms with Gasteiger partial charge in [-0.3, -0.25) is 4.79 Å². The first-order chi connectivity index (χ1) is 10.6. The van der Waals surface area contributed by atoms with E-state index in [1.807, 2.05) is 0 Å². The number of benzene rings is 2. The average Bonchev–Trinajstić information content (AvgIpc) is 2.97. The lowest BCUT2D eigenvalue weighted by Crippen LogP contribution is -2.08. The number of fused-ring (bicyclic) bond motifs is 1. The maximum Gasteiger partial charge on any atom is 0.310 e. The Morgan fingerprint density at radius 2 is 1.86 bits per heavy atom. The van der Waals surface area contributed by atoms with Crippen molar-refractivity contribution in [3.05, 3.63) is 57.6 Å². The highest BCUT2D eigenvalue weighted by Gasteiger charge is 2.18. The van der Waals surface area contributed by atoms with Gasteiger partial charge in [0, 0.05) is 5.02 Å². The molecule has 1 heterocycles. The zero-order valence-electron chi connectivity index (χ0n) is 11.5. The van der Waals surface area contributed by atoms with Gasteiger partial charge in [-0.05, 0) is 35.4 Å². The number of halogens is 2. The van der Waals surface area contributed by atoms with Gasteiger partial charge in [0.25, 0.3) is 0 Å². The second-order valence-corrected chi connectivity index (χ2v) is 5.62. The van der Waals surface area contributed by atoms with Crippen LogP contribution in [0.4, 0.5) is 0 Å². The number of carbonyl (C=O) groups is 1. The Morgan fingerprint density at radius 3 is 2.64 bits per heavy atom. The normalized spacial score (nSPS) is 12.3. The van der Waals surface area contributed by atoms with Crippen LogP contribution >= 0.6 is 23.2 Å². The van der Waals surface area contributed by atoms with E-state index >= 15 is 0 Å². The molecule has 0 atom stereocenters. The van der Waals surface area contributed by atoms with Gasteiger partial charge in [-0.1, -0.05) is 35.3 Å². The lowest BCUT2D eigenvalue weighted by Gasteiger charge is -2.07. The molecule has 2 aromatic carbocycles. The molecule has 0 aliphatic carbocycles. The number of rotatable bonds is 4. The standard InChI is InChI=1S/C16H12Cl2O4/c17-12-3-1-10(2-4-12)7-15(19)20-8-11-5-13(18)16-14(6-11)21-9-22-16/h1-6H,7-9H2. The highest BCUT2D eigenvalue weighted by Crippen LogP contribution is 2.39. The summed E-state index contributed by atoms with van der Waals surface area (Å²) in [5.41, 5.74) is 1.59. The van der Waals surface area contributed by atoms with Crippen molar-refractivity contribution >= 4 is 29.2 Å². The summed E-state index contributed by atoms with van der Waals surface area (Å²) in [4.78, 5) is 11.8. The maximum absolute atomic E-state index is 11.8. The minimum Gasteiger partial charge on any atom is -0.461 e. The molecule has 6 heteroatoms. The SMILES string of the molecule is O=C(Cc1ccc(Cl)cc1)OCc1cc(Cl)c2c(c1)OCO2. The van der Waals surface area contributed by atoms with E-state index in [0.29, 0.717) is 21.5 Å². The predicted octanol–water partition coefficient (Wildman–Crippen LogP) is 4.01. The average molecular weight is 339 g/mol. The molecular weight excluding hydrogens is 327 g/mol. The molecule has 4 nitrogen and oxygen atoms in total. The molecule has 0 spiro atoms. The molecule has 0 bridgehead atoms. The lowest BCUT2D eigenvalue weighted by atomic mass is 10.1. The Hall–Kier alpha value is -1.91. The molecule has 3 rings (SSSR count). The van der Waals surface area contributed by atoms with Gasteiger partial charge in [-0.2, -0.15) is 0 Å². The fourth-order valence-corrected chi connectivity index (χ4v) is 2.50. The molecule has 0 aromatic heterocycles. The topological polar surface area (TPSA) is 44.8 Å². The Bertz CT molecular complexity index is 698. The maximum atomic E-state index is 11.8. The predicted molar refractivity (Wildman–Crippen MR) is 82.5 cm³/mol. The summed E-state index contributed by atoms with van der Waals surface area (Å²) >= 11 is 11.9. The van der Waals surface area contributed by atoms with Crippen LogP contribution in [0.1, 0.15) is 11.1 Å². The summed E-state index contributed by atoms with van der Waals surface area (Å²) in [5.74, 6) is 0.769. The van der Waals surface area contributed by atoms with Crippen molar-refractivity contribution in [2.24, 2.45) is 0 Å². The van der Waals surface area contributed by atoms with Crippen LogP contribution in [0.3, 0.4) is 0 Å². The van der Waals surface area contributed by atoms with E-state index in [1.165, 1.54) is 0 Å². The summed E-state index contributed by atoms with van der Waals surface area (Å²) in [6.07, 6.45) is 0.190. The van der Waals surface area contributed by atoms with Crippen molar-refractivity contribution in [2.75, 3.05) is 6.79 Å². The van der Waals surface area contributed by atoms with E-state index in [1.54, 1.807) is 36.4 Å². The van der Waals surface area contributed by atoms with E-state index in [-0.39, 0.29) is 25.8 Å². The summed E-state index contributed by atoms with van der Waals surface area (Å²) in [6, 6.07) is 10.5. The van der Waals surface area contributed by atoms with E-state index in [9.17, 15) is 4.79 Å². The van der Waals surface area contributed by atoms with Crippen LogP contribution < -0.4 is 9.47 Å². The van der Waals surface area contributed by atoms with Crippen molar-refractivity contribution in [3.63, 3.8) is 0 Å². The van der Waals surface area contributed by atoms with Gasteiger partial charge in [0.05, 0.1) is 11.4 Å². The second-order valence-electron chi connectivity index (χ2n) is 4.78. The number of hydrogen-bond donors (Lipinski definition) is 0. The molecule has 114 valence electrons. The molecule has 1 aliphatic rings. The highest BCUT2D eigenvalue weighted by atomic mass is 35.5. The van der Waals surface area contributed by atoms with Gasteiger partial charge in [0.1, 0.15) is 6.61 Å². The van der Waals surface area contributed by atoms with Crippen LogP contribution in [0.25, 0.3) is 0 Å². The highest BCUT2D eigenvalue weighted by molar-refractivity contribution is 6.32. The van der Waals surface area contributed by atoms with Crippen molar-refractivity contribution < 1.29 is 19.0 Å². The fourth-order valence-electron chi connectivity index (χ4n) is 2.09. The summed E-state index contributed by atoms with van der Waals surface area (Å²) in [5, 5.41) is 1.07. The summed E-state index contributed by atoms with van der Waals surface area (Å²) in [7, 11) is 0. The monoisotopic (exact) mass is 338 g/mol. The second kappa shape index (κ2) is 6.46. The quantitative estimate of drug-likeness (QED) is 0.790. The molecule has 0 radical (unpaired) electrons. The first-order valence-electron chi connectivity index (χ1n) is 6.60. The van der Waals surface area contributed by atoms with Crippen molar-refractivity contribution in [1.82, 2.24) is 0 Å². The number of hydrogen-bond acceptors (Lipinski definition) is 4. The molecule has 0 saturated heterocycles. The first kappa shape index (κ1) is 15.0. The van der Waals surface area contributed by atoms with Gasteiger partial charge in [0.2, 0.25) is 6.79 Å². The summed E-state index contributed by atoms with van der Waals surface area (Å²) in [6.45, 7) is 0.275. The lowest BCUT2D eigenvalue weighted by molar-refractivity contribution is -0.144. The first-order valence-corrected chi connectivity index (χ1v) is 7.35. The Morgan fingerprint density at radius 1 is 1.09 bits per heavy atom. The van der Waals surface area contributed by atoms with E-state index in [2.05, 4.69) is 0 Å². The third-order valence-corrected chi connectivity index (χ3v) is 3.68. The van der Waals surface area contributed by atoms with Crippen LogP contribution in [0.2, 0.25) is 10.0 Å². The third-order valence-electron chi connectivity index (χ3n) is 3.15. The Kier molecular flexibility index (Phi) is 4.41. The van der Waals surface area contributed by atoms with Crippen LogP contribution in [0, 0.1) is 0 Å². The van der Waals surface area contributed by atoms with Crippen molar-refractivity contribution in [2.45, 2.75) is 13.0 Å². The third kappa shape index (κ3) is 3.46. The zero-order chi connectivity index (χ0) is 15.5. The van der Waals surface area contributed by atoms with Crippen molar-refractivity contribution in [1.29, 1.82) is 0 Å². The minimum atomic E-state index is -0.323. The molecule has 2 aromatic rings. The smallest absolute Gasteiger partial charge is 0.310 e. The van der Waals surface area contributed by atoms with E-state index in [0.717, 1.165) is 11.1 Å². The zero-order valence-corrected chi connectivity index (χ0v) is 13.0. The summed E-state index contributed by atoms with van der Waals surface area (Å²) < 4.78 is 15.7. The molecule has 1 aliphatic heterocycles.